The van der Waals surface area contributed by atoms with E-state index in [1.165, 1.54) is 16.7 Å². The minimum atomic E-state index is 0.0473. The highest BCUT2D eigenvalue weighted by Crippen LogP contribution is 2.36. The zero-order chi connectivity index (χ0) is 25.6. The van der Waals surface area contributed by atoms with E-state index in [4.69, 9.17) is 4.74 Å². The van der Waals surface area contributed by atoms with Crippen LogP contribution in [0, 0.1) is 19.8 Å². The van der Waals surface area contributed by atoms with Gasteiger partial charge in [0.2, 0.25) is 0 Å². The lowest BCUT2D eigenvalue weighted by atomic mass is 9.89. The Bertz CT molecular complexity index is 1250. The summed E-state index contributed by atoms with van der Waals surface area (Å²) in [5.74, 6) is 2.01. The molecule has 7 heteroatoms. The summed E-state index contributed by atoms with van der Waals surface area (Å²) in [6, 6.07) is 16.9. The molecule has 0 spiro atoms. The quantitative estimate of drug-likeness (QED) is 0.448. The number of hydrogen-bond acceptors (Lipinski definition) is 6. The van der Waals surface area contributed by atoms with Gasteiger partial charge in [-0.25, -0.2) is 0 Å². The van der Waals surface area contributed by atoms with Crippen LogP contribution < -0.4 is 0 Å². The van der Waals surface area contributed by atoms with E-state index in [-0.39, 0.29) is 12.0 Å². The third kappa shape index (κ3) is 5.73. The lowest BCUT2D eigenvalue weighted by molar-refractivity contribution is 0.0774. The summed E-state index contributed by atoms with van der Waals surface area (Å²) in [5.41, 5.74) is 4.64. The molecule has 2 heterocycles. The summed E-state index contributed by atoms with van der Waals surface area (Å²) in [5, 5.41) is 13.3. The van der Waals surface area contributed by atoms with E-state index >= 15 is 0 Å². The first-order valence-electron chi connectivity index (χ1n) is 13.1. The van der Waals surface area contributed by atoms with Crippen LogP contribution >= 0.6 is 0 Å². The highest BCUT2D eigenvalue weighted by atomic mass is 16.5. The minimum absolute atomic E-state index is 0.0473. The maximum atomic E-state index is 5.61. The standard InChI is InChI=1S/C30H36N6O/c1-23-10-7-11-24(2)28(23)36-30(31-32-33-36)29(26-15-8-16-27(22-26)37-3)35-20-18-34(19-21-35)17-9-14-25-12-5-4-6-13-25/h4-14,16,22,26,29H,15,17-21H2,1-3H3/b14-9+/t26?,29-/m0/s1. The summed E-state index contributed by atoms with van der Waals surface area (Å²) in [6.07, 6.45) is 11.9. The molecule has 0 saturated carbocycles. The van der Waals surface area contributed by atoms with Crippen molar-refractivity contribution in [2.75, 3.05) is 39.8 Å². The second-order valence-corrected chi connectivity index (χ2v) is 9.86. The van der Waals surface area contributed by atoms with E-state index in [0.717, 1.165) is 56.4 Å². The second kappa shape index (κ2) is 11.7. The van der Waals surface area contributed by atoms with Crippen molar-refractivity contribution in [3.63, 3.8) is 0 Å². The van der Waals surface area contributed by atoms with Crippen LogP contribution in [0.15, 0.2) is 78.6 Å². The highest BCUT2D eigenvalue weighted by molar-refractivity contribution is 5.49. The summed E-state index contributed by atoms with van der Waals surface area (Å²) < 4.78 is 7.57. The van der Waals surface area contributed by atoms with E-state index < -0.39 is 0 Å². The molecule has 0 N–H and O–H groups in total. The summed E-state index contributed by atoms with van der Waals surface area (Å²) >= 11 is 0. The highest BCUT2D eigenvalue weighted by Gasteiger charge is 2.35. The molecule has 2 atom stereocenters. The first-order chi connectivity index (χ1) is 18.1. The van der Waals surface area contributed by atoms with E-state index in [9.17, 15) is 0 Å². The van der Waals surface area contributed by atoms with E-state index in [2.05, 4.69) is 118 Å². The zero-order valence-corrected chi connectivity index (χ0v) is 22.0. The van der Waals surface area contributed by atoms with Crippen molar-refractivity contribution in [3.8, 4) is 5.69 Å². The van der Waals surface area contributed by atoms with Crippen LogP contribution in [-0.4, -0.2) is 69.8 Å². The molecule has 1 unspecified atom stereocenters. The van der Waals surface area contributed by atoms with Crippen molar-refractivity contribution in [2.24, 2.45) is 5.92 Å². The number of methoxy groups -OCH3 is 1. The van der Waals surface area contributed by atoms with Gasteiger partial charge in [0.15, 0.2) is 5.82 Å². The molecule has 3 aromatic rings. The number of rotatable bonds is 8. The molecule has 2 aromatic carbocycles. The monoisotopic (exact) mass is 496 g/mol. The number of allylic oxidation sites excluding steroid dienone is 2. The Labute approximate surface area is 219 Å². The normalized spacial score (nSPS) is 19.8. The number of aryl methyl sites for hydroxylation is 2. The Morgan fingerprint density at radius 3 is 2.49 bits per heavy atom. The molecule has 1 saturated heterocycles. The number of tetrazole rings is 1. The molecule has 1 fully saturated rings. The average Bonchev–Trinajstić information content (AvgIpc) is 3.39. The van der Waals surface area contributed by atoms with Gasteiger partial charge in [0.25, 0.3) is 0 Å². The minimum Gasteiger partial charge on any atom is -0.497 e. The van der Waals surface area contributed by atoms with Gasteiger partial charge in [-0.2, -0.15) is 4.68 Å². The molecule has 37 heavy (non-hydrogen) atoms. The Kier molecular flexibility index (Phi) is 7.92. The third-order valence-corrected chi connectivity index (χ3v) is 7.39. The van der Waals surface area contributed by atoms with E-state index in [1.807, 2.05) is 4.68 Å². The van der Waals surface area contributed by atoms with Crippen molar-refractivity contribution >= 4 is 6.08 Å². The Hall–Kier alpha value is -3.55. The number of nitrogens with zero attached hydrogens (tertiary/aromatic N) is 6. The molecule has 1 aliphatic carbocycles. The van der Waals surface area contributed by atoms with Crippen molar-refractivity contribution < 1.29 is 4.74 Å². The van der Waals surface area contributed by atoms with Gasteiger partial charge in [-0.05, 0) is 59.5 Å². The molecule has 192 valence electrons. The smallest absolute Gasteiger partial charge is 0.174 e. The van der Waals surface area contributed by atoms with Gasteiger partial charge in [0, 0.05) is 38.6 Å². The van der Waals surface area contributed by atoms with Crippen LogP contribution in [0.5, 0.6) is 0 Å². The Morgan fingerprint density at radius 1 is 1.00 bits per heavy atom. The van der Waals surface area contributed by atoms with Gasteiger partial charge >= 0.3 is 0 Å². The Morgan fingerprint density at radius 2 is 1.76 bits per heavy atom. The number of piperazine rings is 1. The fourth-order valence-corrected chi connectivity index (χ4v) is 5.46. The molecule has 1 aromatic heterocycles. The lowest BCUT2D eigenvalue weighted by Crippen LogP contribution is -2.49. The summed E-state index contributed by atoms with van der Waals surface area (Å²) in [4.78, 5) is 5.07. The molecule has 5 rings (SSSR count). The maximum Gasteiger partial charge on any atom is 0.174 e. The van der Waals surface area contributed by atoms with Crippen LogP contribution in [-0.2, 0) is 4.74 Å². The van der Waals surface area contributed by atoms with Crippen molar-refractivity contribution in [2.45, 2.75) is 26.3 Å². The van der Waals surface area contributed by atoms with Gasteiger partial charge < -0.3 is 4.74 Å². The van der Waals surface area contributed by atoms with Crippen LogP contribution in [0.1, 0.15) is 35.0 Å². The first-order valence-corrected chi connectivity index (χ1v) is 13.1. The van der Waals surface area contributed by atoms with Crippen LogP contribution in [0.4, 0.5) is 0 Å². The first kappa shape index (κ1) is 25.1. The zero-order valence-electron chi connectivity index (χ0n) is 22.0. The predicted octanol–water partition coefficient (Wildman–Crippen LogP) is 4.76. The number of hydrogen-bond donors (Lipinski definition) is 0. The largest absolute Gasteiger partial charge is 0.497 e. The van der Waals surface area contributed by atoms with E-state index in [0.29, 0.717) is 0 Å². The molecule has 0 bridgehead atoms. The number of aromatic nitrogens is 4. The van der Waals surface area contributed by atoms with Gasteiger partial charge in [-0.15, -0.1) is 5.10 Å². The average molecular weight is 497 g/mol. The van der Waals surface area contributed by atoms with Crippen LogP contribution in [0.3, 0.4) is 0 Å². The second-order valence-electron chi connectivity index (χ2n) is 9.86. The molecular weight excluding hydrogens is 460 g/mol. The fourth-order valence-electron chi connectivity index (χ4n) is 5.46. The molecule has 0 amide bonds. The summed E-state index contributed by atoms with van der Waals surface area (Å²) in [6.45, 7) is 9.12. The molecule has 7 nitrogen and oxygen atoms in total. The Balaban J connectivity index is 1.38. The van der Waals surface area contributed by atoms with Crippen LogP contribution in [0.25, 0.3) is 11.8 Å². The van der Waals surface area contributed by atoms with Crippen molar-refractivity contribution in [1.82, 2.24) is 30.0 Å². The lowest BCUT2D eigenvalue weighted by Gasteiger charge is -2.41. The van der Waals surface area contributed by atoms with Gasteiger partial charge in [-0.3, -0.25) is 9.80 Å². The number of benzene rings is 2. The van der Waals surface area contributed by atoms with Crippen molar-refractivity contribution in [1.29, 1.82) is 0 Å². The van der Waals surface area contributed by atoms with E-state index in [1.54, 1.807) is 7.11 Å². The predicted molar refractivity (Wildman–Crippen MR) is 147 cm³/mol. The summed E-state index contributed by atoms with van der Waals surface area (Å²) in [7, 11) is 1.73. The molecule has 2 aliphatic rings. The topological polar surface area (TPSA) is 59.3 Å². The van der Waals surface area contributed by atoms with Gasteiger partial charge in [0.05, 0.1) is 18.8 Å². The number of para-hydroxylation sites is 1. The third-order valence-electron chi connectivity index (χ3n) is 7.39. The molecule has 0 radical (unpaired) electrons. The molecule has 1 aliphatic heterocycles. The maximum absolute atomic E-state index is 5.61. The van der Waals surface area contributed by atoms with Crippen molar-refractivity contribution in [3.05, 3.63) is 101 Å². The SMILES string of the molecule is COC1=CC([C@@H](c2nnnn2-c2c(C)cccc2C)N2CCN(C/C=C/c3ccccc3)CC2)CC=C1. The fraction of sp³-hybridized carbons (Fsp3) is 0.367. The van der Waals surface area contributed by atoms with Gasteiger partial charge in [-0.1, -0.05) is 66.8 Å². The number of ether oxygens (including phenoxy) is 1. The van der Waals surface area contributed by atoms with Gasteiger partial charge in [0.1, 0.15) is 5.76 Å². The van der Waals surface area contributed by atoms with Crippen LogP contribution in [0.2, 0.25) is 0 Å². The molecular formula is C30H36N6O.